The Kier molecular flexibility index (Phi) is 4.41. The fraction of sp³-hybridized carbons (Fsp3) is 0.444. The van der Waals surface area contributed by atoms with Crippen LogP contribution in [0.25, 0.3) is 0 Å². The first-order valence-corrected chi connectivity index (χ1v) is 9.28. The maximum absolute atomic E-state index is 9.05. The van der Waals surface area contributed by atoms with E-state index < -0.39 is 0 Å². The van der Waals surface area contributed by atoms with Gasteiger partial charge in [-0.25, -0.2) is 9.97 Å². The Morgan fingerprint density at radius 1 is 1.21 bits per heavy atom. The number of hydrogen-bond acceptors (Lipinski definition) is 5. The van der Waals surface area contributed by atoms with Gasteiger partial charge in [-0.15, -0.1) is 0 Å². The highest BCUT2D eigenvalue weighted by Crippen LogP contribution is 2.39. The number of fused-ring (bicyclic) bond motifs is 1. The smallest absolute Gasteiger partial charge is 0.136 e. The van der Waals surface area contributed by atoms with Gasteiger partial charge < -0.3 is 15.3 Å². The van der Waals surface area contributed by atoms with Gasteiger partial charge in [-0.3, -0.25) is 0 Å². The van der Waals surface area contributed by atoms with E-state index in [9.17, 15) is 0 Å². The molecule has 1 saturated carbocycles. The summed E-state index contributed by atoms with van der Waals surface area (Å²) < 4.78 is 1.12. The number of aromatic nitrogens is 2. The summed E-state index contributed by atoms with van der Waals surface area (Å²) in [6.07, 6.45) is 3.39. The molecular formula is C18H21BrN4O. The van der Waals surface area contributed by atoms with Crippen molar-refractivity contribution in [2.24, 2.45) is 0 Å². The van der Waals surface area contributed by atoms with Gasteiger partial charge in [-0.2, -0.15) is 0 Å². The van der Waals surface area contributed by atoms with Crippen molar-refractivity contribution in [1.82, 2.24) is 9.97 Å². The summed E-state index contributed by atoms with van der Waals surface area (Å²) in [4.78, 5) is 11.8. The predicted molar refractivity (Wildman–Crippen MR) is 98.5 cm³/mol. The van der Waals surface area contributed by atoms with Gasteiger partial charge in [-0.05, 0) is 42.5 Å². The van der Waals surface area contributed by atoms with E-state index >= 15 is 0 Å². The van der Waals surface area contributed by atoms with E-state index in [4.69, 9.17) is 10.1 Å². The van der Waals surface area contributed by atoms with E-state index in [-0.39, 0.29) is 6.61 Å². The summed E-state index contributed by atoms with van der Waals surface area (Å²) in [6, 6.07) is 8.53. The first-order valence-electron chi connectivity index (χ1n) is 8.49. The van der Waals surface area contributed by atoms with Crippen LogP contribution < -0.4 is 10.2 Å². The normalized spacial score (nSPS) is 16.8. The molecule has 1 aliphatic heterocycles. The van der Waals surface area contributed by atoms with Gasteiger partial charge in [-0.1, -0.05) is 22.0 Å². The molecule has 6 heteroatoms. The van der Waals surface area contributed by atoms with Gasteiger partial charge in [0.25, 0.3) is 0 Å². The van der Waals surface area contributed by atoms with Crippen LogP contribution in [0.5, 0.6) is 0 Å². The third kappa shape index (κ3) is 3.39. The largest absolute Gasteiger partial charge is 0.395 e. The third-order valence-corrected chi connectivity index (χ3v) is 5.09. The molecule has 126 valence electrons. The molecule has 0 bridgehead atoms. The number of nitrogens with zero attached hydrogens (tertiary/aromatic N) is 3. The number of aliphatic hydroxyl groups excluding tert-OH is 1. The minimum absolute atomic E-state index is 0.100. The molecular weight excluding hydrogens is 368 g/mol. The van der Waals surface area contributed by atoms with Crippen LogP contribution in [0, 0.1) is 0 Å². The van der Waals surface area contributed by atoms with Crippen molar-refractivity contribution < 1.29 is 5.11 Å². The second kappa shape index (κ2) is 6.69. The van der Waals surface area contributed by atoms with Crippen LogP contribution in [0.4, 0.5) is 11.6 Å². The van der Waals surface area contributed by atoms with Gasteiger partial charge in [0.05, 0.1) is 6.61 Å². The molecule has 2 heterocycles. The lowest BCUT2D eigenvalue weighted by Crippen LogP contribution is -2.31. The summed E-state index contributed by atoms with van der Waals surface area (Å²) in [5.74, 6) is 3.24. The van der Waals surface area contributed by atoms with Crippen molar-refractivity contribution in [2.75, 3.05) is 29.9 Å². The molecule has 1 fully saturated rings. The third-order valence-electron chi connectivity index (χ3n) is 4.59. The van der Waals surface area contributed by atoms with Crippen LogP contribution >= 0.6 is 15.9 Å². The number of halogens is 1. The van der Waals surface area contributed by atoms with Crippen molar-refractivity contribution in [1.29, 1.82) is 0 Å². The monoisotopic (exact) mass is 388 g/mol. The Hall–Kier alpha value is -1.66. The highest BCUT2D eigenvalue weighted by Gasteiger charge is 2.28. The number of rotatable bonds is 5. The number of nitrogens with one attached hydrogen (secondary N) is 1. The lowest BCUT2D eigenvalue weighted by molar-refractivity contribution is 0.311. The van der Waals surface area contributed by atoms with Crippen LogP contribution in [0.15, 0.2) is 28.7 Å². The van der Waals surface area contributed by atoms with Gasteiger partial charge in [0.1, 0.15) is 17.5 Å². The van der Waals surface area contributed by atoms with Crippen molar-refractivity contribution in [2.45, 2.75) is 31.7 Å². The molecule has 0 unspecified atom stereocenters. The van der Waals surface area contributed by atoms with Crippen LogP contribution in [0.2, 0.25) is 0 Å². The molecule has 0 radical (unpaired) electrons. The van der Waals surface area contributed by atoms with E-state index in [1.165, 1.54) is 24.0 Å². The molecule has 4 rings (SSSR count). The van der Waals surface area contributed by atoms with Crippen LogP contribution in [-0.4, -0.2) is 34.8 Å². The molecule has 1 aromatic heterocycles. The van der Waals surface area contributed by atoms with Crippen LogP contribution in [-0.2, 0) is 13.0 Å². The second-order valence-corrected chi connectivity index (χ2v) is 7.39. The average Bonchev–Trinajstić information content (AvgIpc) is 3.44. The molecule has 1 aromatic carbocycles. The summed E-state index contributed by atoms with van der Waals surface area (Å²) in [5, 5.41) is 12.2. The molecule has 0 spiro atoms. The molecule has 0 amide bonds. The summed E-state index contributed by atoms with van der Waals surface area (Å²) in [7, 11) is 0. The number of anilines is 2. The van der Waals surface area contributed by atoms with Gasteiger partial charge >= 0.3 is 0 Å². The van der Waals surface area contributed by atoms with E-state index in [0.29, 0.717) is 12.5 Å². The Labute approximate surface area is 150 Å². The Morgan fingerprint density at radius 2 is 2.08 bits per heavy atom. The van der Waals surface area contributed by atoms with Crippen molar-refractivity contribution >= 4 is 27.6 Å². The fourth-order valence-corrected chi connectivity index (χ4v) is 3.54. The van der Waals surface area contributed by atoms with Crippen molar-refractivity contribution in [3.8, 4) is 0 Å². The van der Waals surface area contributed by atoms with E-state index in [0.717, 1.165) is 41.4 Å². The number of aliphatic hydroxyl groups is 1. The number of benzene rings is 1. The minimum Gasteiger partial charge on any atom is -0.395 e. The molecule has 2 aliphatic rings. The molecule has 2 aromatic rings. The molecule has 0 atom stereocenters. The lowest BCUT2D eigenvalue weighted by Gasteiger charge is -2.30. The quantitative estimate of drug-likeness (QED) is 0.823. The lowest BCUT2D eigenvalue weighted by atomic mass is 10.00. The van der Waals surface area contributed by atoms with Crippen LogP contribution in [0.3, 0.4) is 0 Å². The minimum atomic E-state index is 0.100. The maximum Gasteiger partial charge on any atom is 0.136 e. The van der Waals surface area contributed by atoms with E-state index in [1.54, 1.807) is 0 Å². The number of hydrogen-bond donors (Lipinski definition) is 2. The molecule has 0 saturated heterocycles. The second-order valence-electron chi connectivity index (χ2n) is 6.48. The zero-order chi connectivity index (χ0) is 16.5. The topological polar surface area (TPSA) is 61.3 Å². The zero-order valence-corrected chi connectivity index (χ0v) is 15.1. The summed E-state index contributed by atoms with van der Waals surface area (Å²) in [5.41, 5.74) is 2.77. The van der Waals surface area contributed by atoms with Gasteiger partial charge in [0.2, 0.25) is 0 Å². The summed E-state index contributed by atoms with van der Waals surface area (Å²) in [6.45, 7) is 2.45. The fourth-order valence-electron chi connectivity index (χ4n) is 3.13. The standard InChI is InChI=1S/C18H21BrN4O/c19-15-4-3-12-5-7-23(11-14(12)9-15)17-10-16(20-6-8-24)21-18(22-17)13-1-2-13/h3-4,9-10,13,24H,1-2,5-8,11H2,(H,20,21,22). The highest BCUT2D eigenvalue weighted by molar-refractivity contribution is 9.10. The predicted octanol–water partition coefficient (Wildman–Crippen LogP) is 3.08. The average molecular weight is 389 g/mol. The Morgan fingerprint density at radius 3 is 2.88 bits per heavy atom. The van der Waals surface area contributed by atoms with Gasteiger partial charge in [0.15, 0.2) is 0 Å². The zero-order valence-electron chi connectivity index (χ0n) is 13.5. The van der Waals surface area contributed by atoms with Crippen molar-refractivity contribution in [3.63, 3.8) is 0 Å². The summed E-state index contributed by atoms with van der Waals surface area (Å²) >= 11 is 3.57. The van der Waals surface area contributed by atoms with Crippen molar-refractivity contribution in [3.05, 3.63) is 45.7 Å². The maximum atomic E-state index is 9.05. The SMILES string of the molecule is OCCNc1cc(N2CCc3ccc(Br)cc3C2)nc(C2CC2)n1. The van der Waals surface area contributed by atoms with Gasteiger partial charge in [0, 0.05) is 36.1 Å². The Balaban J connectivity index is 1.62. The Bertz CT molecular complexity index is 748. The molecule has 24 heavy (non-hydrogen) atoms. The first kappa shape index (κ1) is 15.8. The molecule has 5 nitrogen and oxygen atoms in total. The van der Waals surface area contributed by atoms with E-state index in [1.807, 2.05) is 6.07 Å². The van der Waals surface area contributed by atoms with Crippen LogP contribution in [0.1, 0.15) is 35.7 Å². The first-order chi connectivity index (χ1) is 11.7. The molecule has 1 aliphatic carbocycles. The van der Waals surface area contributed by atoms with E-state index in [2.05, 4.69) is 49.3 Å². The molecule has 2 N–H and O–H groups in total. The highest BCUT2D eigenvalue weighted by atomic mass is 79.9.